The van der Waals surface area contributed by atoms with E-state index in [9.17, 15) is 19.2 Å². The number of rotatable bonds is 11. The monoisotopic (exact) mass is 659 g/mol. The van der Waals surface area contributed by atoms with Crippen LogP contribution in [0.3, 0.4) is 0 Å². The van der Waals surface area contributed by atoms with Crippen molar-refractivity contribution in [1.82, 2.24) is 15.5 Å². The molecule has 0 bridgehead atoms. The third kappa shape index (κ3) is 7.81. The van der Waals surface area contributed by atoms with Crippen LogP contribution in [0, 0.1) is 0 Å². The predicted octanol–water partition coefficient (Wildman–Crippen LogP) is 4.85. The summed E-state index contributed by atoms with van der Waals surface area (Å²) in [5.74, 6) is -0.301. The van der Waals surface area contributed by atoms with E-state index in [0.717, 1.165) is 16.7 Å². The minimum atomic E-state index is -0.938. The minimum Gasteiger partial charge on any atom is -0.496 e. The number of hydrogen-bond donors (Lipinski definition) is 2. The lowest BCUT2D eigenvalue weighted by molar-refractivity contribution is -0.140. The van der Waals surface area contributed by atoms with Crippen molar-refractivity contribution in [2.75, 3.05) is 33.9 Å². The zero-order chi connectivity index (χ0) is 32.5. The lowest BCUT2D eigenvalue weighted by atomic mass is 9.62. The van der Waals surface area contributed by atoms with Crippen molar-refractivity contribution in [3.63, 3.8) is 0 Å². The number of carbonyl (C=O) groups is 4. The maximum Gasteiger partial charge on any atom is 0.305 e. The molecule has 1 aliphatic heterocycles. The summed E-state index contributed by atoms with van der Waals surface area (Å²) in [5, 5.41) is 6.26. The topological polar surface area (TPSA) is 114 Å². The molecule has 1 aliphatic carbocycles. The molecule has 5 rings (SSSR count). The Morgan fingerprint density at radius 1 is 0.851 bits per heavy atom. The summed E-state index contributed by atoms with van der Waals surface area (Å²) in [4.78, 5) is 54.6. The number of unbranched alkanes of at least 4 members (excludes halogenated alkanes) is 1. The molecule has 3 amide bonds. The van der Waals surface area contributed by atoms with Gasteiger partial charge in [-0.3, -0.25) is 19.2 Å². The Bertz CT molecular complexity index is 1540. The summed E-state index contributed by atoms with van der Waals surface area (Å²) in [7, 11) is 2.92. The molecule has 1 fully saturated rings. The van der Waals surface area contributed by atoms with Gasteiger partial charge in [0.1, 0.15) is 5.75 Å². The highest BCUT2D eigenvalue weighted by molar-refractivity contribution is 7.59. The first-order chi connectivity index (χ1) is 22.4. The van der Waals surface area contributed by atoms with Crippen LogP contribution in [-0.4, -0.2) is 68.5 Å². The number of carbonyl (C=O) groups excluding carboxylic acids is 4. The maximum atomic E-state index is 14.1. The second kappa shape index (κ2) is 16.5. The smallest absolute Gasteiger partial charge is 0.305 e. The zero-order valence-corrected chi connectivity index (χ0v) is 28.1. The van der Waals surface area contributed by atoms with E-state index in [4.69, 9.17) is 9.47 Å². The van der Waals surface area contributed by atoms with Crippen molar-refractivity contribution in [2.45, 2.75) is 62.3 Å². The third-order valence-electron chi connectivity index (χ3n) is 9.37. The summed E-state index contributed by atoms with van der Waals surface area (Å²) in [6.07, 6.45) is 3.94. The average Bonchev–Trinajstić information content (AvgIpc) is 3.11. The van der Waals surface area contributed by atoms with Gasteiger partial charge in [0.25, 0.3) is 5.91 Å². The molecule has 2 aliphatic rings. The van der Waals surface area contributed by atoms with Crippen LogP contribution in [0.25, 0.3) is 0 Å². The Morgan fingerprint density at radius 3 is 2.26 bits per heavy atom. The van der Waals surface area contributed by atoms with Crippen molar-refractivity contribution in [1.29, 1.82) is 0 Å². The van der Waals surface area contributed by atoms with Gasteiger partial charge in [-0.2, -0.15) is 13.5 Å². The Labute approximate surface area is 283 Å². The fourth-order valence-electron chi connectivity index (χ4n) is 6.90. The van der Waals surface area contributed by atoms with E-state index in [1.165, 1.54) is 7.11 Å². The van der Waals surface area contributed by atoms with Gasteiger partial charge in [0.15, 0.2) is 0 Å². The second-order valence-corrected chi connectivity index (χ2v) is 12.0. The summed E-state index contributed by atoms with van der Waals surface area (Å²) in [5.41, 5.74) is 2.19. The van der Waals surface area contributed by atoms with Crippen molar-refractivity contribution in [2.24, 2.45) is 0 Å². The fraction of sp³-hybridized carbons (Fsp3) is 0.405. The van der Waals surface area contributed by atoms with Crippen molar-refractivity contribution >= 4 is 37.2 Å². The van der Waals surface area contributed by atoms with Crippen molar-refractivity contribution in [3.8, 4) is 5.75 Å². The third-order valence-corrected chi connectivity index (χ3v) is 9.37. The van der Waals surface area contributed by atoms with Gasteiger partial charge in [-0.1, -0.05) is 66.7 Å². The van der Waals surface area contributed by atoms with Gasteiger partial charge in [-0.25, -0.2) is 0 Å². The van der Waals surface area contributed by atoms with Gasteiger partial charge in [-0.15, -0.1) is 0 Å². The van der Waals surface area contributed by atoms with Crippen LogP contribution >= 0.6 is 13.5 Å². The van der Waals surface area contributed by atoms with Crippen LogP contribution in [-0.2, 0) is 24.5 Å². The quantitative estimate of drug-likeness (QED) is 0.225. The molecule has 10 heteroatoms. The van der Waals surface area contributed by atoms with Crippen LogP contribution in [0.4, 0.5) is 0 Å². The van der Waals surface area contributed by atoms with Gasteiger partial charge < -0.3 is 25.0 Å². The molecular formula is C37H45N3O6S. The van der Waals surface area contributed by atoms with E-state index in [0.29, 0.717) is 75.9 Å². The van der Waals surface area contributed by atoms with Gasteiger partial charge in [-0.05, 0) is 67.3 Å². The molecule has 250 valence electrons. The highest BCUT2D eigenvalue weighted by atomic mass is 32.1. The first kappa shape index (κ1) is 35.5. The number of para-hydroxylation sites is 1. The lowest BCUT2D eigenvalue weighted by Crippen LogP contribution is -2.51. The molecule has 2 atom stereocenters. The van der Waals surface area contributed by atoms with Gasteiger partial charge >= 0.3 is 5.97 Å². The summed E-state index contributed by atoms with van der Waals surface area (Å²) < 4.78 is 10.1. The molecule has 0 unspecified atom stereocenters. The van der Waals surface area contributed by atoms with E-state index in [2.05, 4.69) is 10.6 Å². The van der Waals surface area contributed by atoms with E-state index in [1.807, 2.05) is 71.6 Å². The first-order valence-corrected chi connectivity index (χ1v) is 16.1. The molecule has 9 nitrogen and oxygen atoms in total. The van der Waals surface area contributed by atoms with Crippen LogP contribution < -0.4 is 15.4 Å². The highest BCUT2D eigenvalue weighted by Gasteiger charge is 2.48. The average molecular weight is 660 g/mol. The van der Waals surface area contributed by atoms with Crippen LogP contribution in [0.15, 0.2) is 78.9 Å². The molecule has 1 heterocycles. The maximum absolute atomic E-state index is 14.1. The number of ether oxygens (including phenoxy) is 2. The number of amides is 3. The standard InChI is InChI=1S/C37H43N3O6.H2S/c1-45-32-17-9-7-15-30(32)34(42)39-27-20-24-40(25-21-27)35(43)29-19-22-37(26-12-4-3-5-13-26,31-16-8-6-14-28(29)31)36(44)38-23-11-10-18-33(41)46-2;/h3-9,12-17,27,29H,10-11,18-25H2,1-2H3,(H,38,44)(H,39,42);1H2/t29-,37+;/m0./s1. The largest absolute Gasteiger partial charge is 0.496 e. The molecule has 0 aromatic heterocycles. The number of methoxy groups -OCH3 is 2. The van der Waals surface area contributed by atoms with E-state index >= 15 is 0 Å². The van der Waals surface area contributed by atoms with Crippen LogP contribution in [0.1, 0.15) is 77.9 Å². The predicted molar refractivity (Wildman–Crippen MR) is 185 cm³/mol. The number of hydrogen-bond acceptors (Lipinski definition) is 6. The second-order valence-electron chi connectivity index (χ2n) is 12.0. The van der Waals surface area contributed by atoms with E-state index < -0.39 is 5.41 Å². The molecule has 2 N–H and O–H groups in total. The van der Waals surface area contributed by atoms with Crippen molar-refractivity contribution in [3.05, 3.63) is 101 Å². The molecule has 0 saturated carbocycles. The number of nitrogens with zero attached hydrogens (tertiary/aromatic N) is 1. The molecule has 0 radical (unpaired) electrons. The van der Waals surface area contributed by atoms with Gasteiger partial charge in [0.2, 0.25) is 11.8 Å². The normalized spacial score (nSPS) is 19.0. The molecule has 0 spiro atoms. The molecule has 47 heavy (non-hydrogen) atoms. The molecule has 3 aromatic rings. The molecule has 3 aromatic carbocycles. The number of nitrogens with one attached hydrogen (secondary N) is 2. The van der Waals surface area contributed by atoms with E-state index in [-0.39, 0.29) is 49.1 Å². The Hall–Kier alpha value is -4.31. The lowest BCUT2D eigenvalue weighted by Gasteiger charge is -2.42. The number of likely N-dealkylation sites (tertiary alicyclic amines) is 1. The first-order valence-electron chi connectivity index (χ1n) is 16.1. The number of benzene rings is 3. The Kier molecular flexibility index (Phi) is 12.5. The number of fused-ring (bicyclic) bond motifs is 1. The Balaban J connectivity index is 0.00000500. The molecule has 1 saturated heterocycles. The number of esters is 1. The number of piperidine rings is 1. The van der Waals surface area contributed by atoms with E-state index in [1.54, 1.807) is 19.2 Å². The zero-order valence-electron chi connectivity index (χ0n) is 27.1. The van der Waals surface area contributed by atoms with Gasteiger partial charge in [0, 0.05) is 32.1 Å². The van der Waals surface area contributed by atoms with Gasteiger partial charge in [0.05, 0.1) is 31.1 Å². The summed E-state index contributed by atoms with van der Waals surface area (Å²) in [6, 6.07) is 24.7. The highest BCUT2D eigenvalue weighted by Crippen LogP contribution is 2.48. The van der Waals surface area contributed by atoms with Crippen LogP contribution in [0.5, 0.6) is 5.75 Å². The molecular weight excluding hydrogens is 614 g/mol. The summed E-state index contributed by atoms with van der Waals surface area (Å²) in [6.45, 7) is 1.53. The Morgan fingerprint density at radius 2 is 1.53 bits per heavy atom. The SMILES string of the molecule is COC(=O)CCCCNC(=O)[C@@]1(c2ccccc2)CC[C@H](C(=O)N2CCC(NC(=O)c3ccccc3OC)CC2)c2ccccc21.S. The minimum absolute atomic E-state index is 0. The van der Waals surface area contributed by atoms with Crippen molar-refractivity contribution < 1.29 is 28.7 Å². The fourth-order valence-corrected chi connectivity index (χ4v) is 6.90. The van der Waals surface area contributed by atoms with Crippen LogP contribution in [0.2, 0.25) is 0 Å². The summed E-state index contributed by atoms with van der Waals surface area (Å²) >= 11 is 0.